The van der Waals surface area contributed by atoms with E-state index in [1.807, 2.05) is 0 Å². The number of fused-ring (bicyclic) bond motifs is 1. The van der Waals surface area contributed by atoms with Gasteiger partial charge in [-0.05, 0) is 31.0 Å². The summed E-state index contributed by atoms with van der Waals surface area (Å²) in [5.74, 6) is 0. The number of aryl methyl sites for hydroxylation is 1. The first-order valence-electron chi connectivity index (χ1n) is 5.80. The molecule has 0 aliphatic carbocycles. The van der Waals surface area contributed by atoms with Crippen LogP contribution in [0.5, 0.6) is 0 Å². The van der Waals surface area contributed by atoms with Gasteiger partial charge in [0.05, 0.1) is 15.2 Å². The Morgan fingerprint density at radius 1 is 1.44 bits per heavy atom. The molecule has 2 nitrogen and oxygen atoms in total. The lowest BCUT2D eigenvalue weighted by atomic mass is 10.1. The molecule has 0 aliphatic rings. The van der Waals surface area contributed by atoms with E-state index in [1.165, 1.54) is 15.3 Å². The van der Waals surface area contributed by atoms with E-state index < -0.39 is 0 Å². The Labute approximate surface area is 101 Å². The number of benzene rings is 1. The summed E-state index contributed by atoms with van der Waals surface area (Å²) < 4.78 is 1.28. The molecular weight excluding hydrogens is 216 g/mol. The van der Waals surface area contributed by atoms with E-state index in [-0.39, 0.29) is 6.04 Å². The Balaban J connectivity index is 2.19. The highest BCUT2D eigenvalue weighted by molar-refractivity contribution is 7.18. The fourth-order valence-corrected chi connectivity index (χ4v) is 3.02. The van der Waals surface area contributed by atoms with Crippen LogP contribution in [0, 0.1) is 6.92 Å². The molecule has 2 aromatic rings. The number of hydrogen-bond donors (Lipinski definition) is 1. The minimum atomic E-state index is 0.256. The van der Waals surface area contributed by atoms with Crippen molar-refractivity contribution >= 4 is 21.6 Å². The van der Waals surface area contributed by atoms with E-state index >= 15 is 0 Å². The third-order valence-corrected chi connectivity index (χ3v) is 3.72. The van der Waals surface area contributed by atoms with Gasteiger partial charge in [0.2, 0.25) is 0 Å². The van der Waals surface area contributed by atoms with Crippen molar-refractivity contribution in [2.75, 3.05) is 0 Å². The topological polar surface area (TPSA) is 38.9 Å². The summed E-state index contributed by atoms with van der Waals surface area (Å²) in [6, 6.07) is 6.65. The van der Waals surface area contributed by atoms with E-state index in [4.69, 9.17) is 5.73 Å². The van der Waals surface area contributed by atoms with Gasteiger partial charge in [0.1, 0.15) is 0 Å². The molecule has 1 heterocycles. The average Bonchev–Trinajstić information content (AvgIpc) is 2.59. The first-order valence-corrected chi connectivity index (χ1v) is 6.62. The van der Waals surface area contributed by atoms with Crippen LogP contribution in [0.2, 0.25) is 0 Å². The largest absolute Gasteiger partial charge is 0.327 e. The van der Waals surface area contributed by atoms with Crippen LogP contribution in [0.4, 0.5) is 0 Å². The molecule has 0 aliphatic heterocycles. The highest BCUT2D eigenvalue weighted by atomic mass is 32.1. The van der Waals surface area contributed by atoms with Crippen LogP contribution in [-0.2, 0) is 6.42 Å². The van der Waals surface area contributed by atoms with Gasteiger partial charge >= 0.3 is 0 Å². The Morgan fingerprint density at radius 3 is 3.00 bits per heavy atom. The van der Waals surface area contributed by atoms with Gasteiger partial charge in [0.25, 0.3) is 0 Å². The molecule has 2 rings (SSSR count). The van der Waals surface area contributed by atoms with Gasteiger partial charge in [0.15, 0.2) is 0 Å². The summed E-state index contributed by atoms with van der Waals surface area (Å²) in [4.78, 5) is 4.61. The van der Waals surface area contributed by atoms with E-state index in [1.54, 1.807) is 11.3 Å². The second-order valence-corrected chi connectivity index (χ2v) is 5.45. The smallest absolute Gasteiger partial charge is 0.0954 e. The maximum atomic E-state index is 6.03. The Kier molecular flexibility index (Phi) is 3.56. The van der Waals surface area contributed by atoms with Crippen molar-refractivity contribution in [1.82, 2.24) is 4.98 Å². The predicted octanol–water partition coefficient (Wildman–Crippen LogP) is 3.27. The number of rotatable bonds is 4. The maximum absolute atomic E-state index is 6.03. The molecular formula is C13H18N2S. The van der Waals surface area contributed by atoms with Gasteiger partial charge in [-0.15, -0.1) is 11.3 Å². The summed E-state index contributed by atoms with van der Waals surface area (Å²) in [6.07, 6.45) is 3.13. The van der Waals surface area contributed by atoms with E-state index in [0.717, 1.165) is 24.8 Å². The molecule has 2 N–H and O–H groups in total. The second kappa shape index (κ2) is 4.93. The number of hydrogen-bond acceptors (Lipinski definition) is 3. The lowest BCUT2D eigenvalue weighted by Gasteiger charge is -2.06. The SMILES string of the molecule is CCCC(N)Cc1nc2ccc(C)cc2s1. The molecule has 1 aromatic heterocycles. The van der Waals surface area contributed by atoms with Crippen molar-refractivity contribution in [3.63, 3.8) is 0 Å². The van der Waals surface area contributed by atoms with Crippen LogP contribution in [0.25, 0.3) is 10.2 Å². The van der Waals surface area contributed by atoms with Gasteiger partial charge < -0.3 is 5.73 Å². The second-order valence-electron chi connectivity index (χ2n) is 4.33. The number of aromatic nitrogens is 1. The van der Waals surface area contributed by atoms with E-state index in [9.17, 15) is 0 Å². The fourth-order valence-electron chi connectivity index (χ4n) is 1.86. The fraction of sp³-hybridized carbons (Fsp3) is 0.462. The average molecular weight is 234 g/mol. The summed E-state index contributed by atoms with van der Waals surface area (Å²) in [5.41, 5.74) is 8.43. The van der Waals surface area contributed by atoms with Crippen LogP contribution in [-0.4, -0.2) is 11.0 Å². The molecule has 0 saturated heterocycles. The zero-order valence-corrected chi connectivity index (χ0v) is 10.7. The summed E-state index contributed by atoms with van der Waals surface area (Å²) in [7, 11) is 0. The molecule has 0 radical (unpaired) electrons. The molecule has 0 amide bonds. The zero-order valence-electron chi connectivity index (χ0n) is 9.86. The van der Waals surface area contributed by atoms with E-state index in [2.05, 4.69) is 37.0 Å². The molecule has 0 fully saturated rings. The first-order chi connectivity index (χ1) is 7.69. The molecule has 0 spiro atoms. The molecule has 0 bridgehead atoms. The third kappa shape index (κ3) is 2.60. The molecule has 1 unspecified atom stereocenters. The Morgan fingerprint density at radius 2 is 2.25 bits per heavy atom. The monoisotopic (exact) mass is 234 g/mol. The van der Waals surface area contributed by atoms with Crippen molar-refractivity contribution in [1.29, 1.82) is 0 Å². The minimum absolute atomic E-state index is 0.256. The van der Waals surface area contributed by atoms with Crippen molar-refractivity contribution in [2.45, 2.75) is 39.2 Å². The third-order valence-electron chi connectivity index (χ3n) is 2.68. The van der Waals surface area contributed by atoms with Crippen molar-refractivity contribution in [3.05, 3.63) is 28.8 Å². The molecule has 1 atom stereocenters. The van der Waals surface area contributed by atoms with E-state index in [0.29, 0.717) is 0 Å². The minimum Gasteiger partial charge on any atom is -0.327 e. The number of thiazole rings is 1. The van der Waals surface area contributed by atoms with Crippen LogP contribution < -0.4 is 5.73 Å². The number of nitrogens with zero attached hydrogens (tertiary/aromatic N) is 1. The van der Waals surface area contributed by atoms with Gasteiger partial charge in [-0.3, -0.25) is 0 Å². The van der Waals surface area contributed by atoms with Gasteiger partial charge in [-0.25, -0.2) is 4.98 Å². The van der Waals surface area contributed by atoms with Crippen LogP contribution >= 0.6 is 11.3 Å². The van der Waals surface area contributed by atoms with Gasteiger partial charge in [-0.2, -0.15) is 0 Å². The predicted molar refractivity (Wildman–Crippen MR) is 70.9 cm³/mol. The van der Waals surface area contributed by atoms with Crippen molar-refractivity contribution < 1.29 is 0 Å². The summed E-state index contributed by atoms with van der Waals surface area (Å²) in [5, 5.41) is 1.17. The molecule has 16 heavy (non-hydrogen) atoms. The quantitative estimate of drug-likeness (QED) is 0.881. The Bertz CT molecular complexity index is 476. The number of nitrogens with two attached hydrogens (primary N) is 1. The summed E-state index contributed by atoms with van der Waals surface area (Å²) >= 11 is 1.77. The molecule has 0 saturated carbocycles. The lowest BCUT2D eigenvalue weighted by molar-refractivity contribution is 0.599. The van der Waals surface area contributed by atoms with Crippen molar-refractivity contribution in [3.8, 4) is 0 Å². The zero-order chi connectivity index (χ0) is 11.5. The van der Waals surface area contributed by atoms with Gasteiger partial charge in [-0.1, -0.05) is 19.4 Å². The maximum Gasteiger partial charge on any atom is 0.0954 e. The highest BCUT2D eigenvalue weighted by Gasteiger charge is 2.08. The Hall–Kier alpha value is -0.930. The van der Waals surface area contributed by atoms with Gasteiger partial charge in [0, 0.05) is 12.5 Å². The highest BCUT2D eigenvalue weighted by Crippen LogP contribution is 2.24. The molecule has 3 heteroatoms. The normalized spacial score (nSPS) is 13.2. The van der Waals surface area contributed by atoms with Crippen LogP contribution in [0.15, 0.2) is 18.2 Å². The first kappa shape index (κ1) is 11.6. The molecule has 86 valence electrons. The summed E-state index contributed by atoms with van der Waals surface area (Å²) in [6.45, 7) is 4.28. The van der Waals surface area contributed by atoms with Crippen LogP contribution in [0.1, 0.15) is 30.3 Å². The molecule has 1 aromatic carbocycles. The lowest BCUT2D eigenvalue weighted by Crippen LogP contribution is -2.22. The van der Waals surface area contributed by atoms with Crippen LogP contribution in [0.3, 0.4) is 0 Å². The standard InChI is InChI=1S/C13H18N2S/c1-3-4-10(14)8-13-15-11-6-5-9(2)7-12(11)16-13/h5-7,10H,3-4,8,14H2,1-2H3. The van der Waals surface area contributed by atoms with Crippen molar-refractivity contribution in [2.24, 2.45) is 5.73 Å².